The average Bonchev–Trinajstić information content (AvgIpc) is 2.56. The van der Waals surface area contributed by atoms with Gasteiger partial charge in [0.05, 0.1) is 6.10 Å². The van der Waals surface area contributed by atoms with E-state index in [1.807, 2.05) is 12.1 Å². The molecule has 0 unspecified atom stereocenters. The predicted molar refractivity (Wildman–Crippen MR) is 55.5 cm³/mol. The van der Waals surface area contributed by atoms with Gasteiger partial charge in [-0.1, -0.05) is 6.92 Å². The van der Waals surface area contributed by atoms with Crippen LogP contribution in [0.2, 0.25) is 0 Å². The third kappa shape index (κ3) is 2.19. The first kappa shape index (κ1) is 9.38. The van der Waals surface area contributed by atoms with Gasteiger partial charge in [0.25, 0.3) is 0 Å². The second-order valence-electron chi connectivity index (χ2n) is 4.15. The Hall–Kier alpha value is -1.18. The van der Waals surface area contributed by atoms with Crippen LogP contribution in [0.1, 0.15) is 26.2 Å². The fraction of sp³-hybridized carbons (Fsp3) is 0.500. The maximum Gasteiger partial charge on any atom is 0.119 e. The van der Waals surface area contributed by atoms with Crippen molar-refractivity contribution in [3.8, 4) is 11.5 Å². The number of rotatable bonds is 2. The molecule has 1 aliphatic carbocycles. The zero-order valence-electron chi connectivity index (χ0n) is 8.44. The zero-order valence-corrected chi connectivity index (χ0v) is 8.44. The number of ether oxygens (including phenoxy) is 1. The minimum atomic E-state index is 0.289. The summed E-state index contributed by atoms with van der Waals surface area (Å²) in [5.41, 5.74) is 0. The van der Waals surface area contributed by atoms with Gasteiger partial charge >= 0.3 is 0 Å². The van der Waals surface area contributed by atoms with Crippen molar-refractivity contribution in [3.63, 3.8) is 0 Å². The molecule has 1 saturated carbocycles. The normalized spacial score (nSPS) is 26.4. The van der Waals surface area contributed by atoms with Crippen LogP contribution in [0, 0.1) is 5.92 Å². The molecular formula is C12H16O2. The molecule has 1 fully saturated rings. The van der Waals surface area contributed by atoms with E-state index in [9.17, 15) is 0 Å². The van der Waals surface area contributed by atoms with E-state index in [1.165, 1.54) is 6.42 Å². The van der Waals surface area contributed by atoms with E-state index in [-0.39, 0.29) is 5.75 Å². The summed E-state index contributed by atoms with van der Waals surface area (Å²) >= 11 is 0. The topological polar surface area (TPSA) is 29.5 Å². The molecule has 0 heterocycles. The van der Waals surface area contributed by atoms with Gasteiger partial charge in [-0.15, -0.1) is 0 Å². The first-order valence-electron chi connectivity index (χ1n) is 5.20. The lowest BCUT2D eigenvalue weighted by atomic mass is 10.1. The summed E-state index contributed by atoms with van der Waals surface area (Å²) in [6, 6.07) is 6.96. The Labute approximate surface area is 84.5 Å². The first-order chi connectivity index (χ1) is 6.74. The summed E-state index contributed by atoms with van der Waals surface area (Å²) in [5.74, 6) is 1.94. The average molecular weight is 192 g/mol. The summed E-state index contributed by atoms with van der Waals surface area (Å²) < 4.78 is 5.79. The molecule has 0 saturated heterocycles. The second-order valence-corrected chi connectivity index (χ2v) is 4.15. The molecular weight excluding hydrogens is 176 g/mol. The first-order valence-corrected chi connectivity index (χ1v) is 5.20. The predicted octanol–water partition coefficient (Wildman–Crippen LogP) is 2.96. The lowest BCUT2D eigenvalue weighted by Crippen LogP contribution is -2.11. The number of phenols is 1. The third-order valence-corrected chi connectivity index (χ3v) is 2.79. The van der Waals surface area contributed by atoms with E-state index < -0.39 is 0 Å². The standard InChI is InChI=1S/C12H16O2/c1-9-2-5-12(8-9)14-11-6-3-10(13)4-7-11/h3-4,6-7,9,12-13H,2,5,8H2,1H3/t9-,12-/m0/s1. The molecule has 2 rings (SSSR count). The fourth-order valence-corrected chi connectivity index (χ4v) is 1.98. The summed E-state index contributed by atoms with van der Waals surface area (Å²) in [5, 5.41) is 9.10. The SMILES string of the molecule is C[C@H]1CC[C@H](Oc2ccc(O)cc2)C1. The highest BCUT2D eigenvalue weighted by molar-refractivity contribution is 5.30. The number of aromatic hydroxyl groups is 1. The van der Waals surface area contributed by atoms with Gasteiger partial charge in [-0.25, -0.2) is 0 Å². The Balaban J connectivity index is 1.94. The summed E-state index contributed by atoms with van der Waals surface area (Å²) in [4.78, 5) is 0. The molecule has 1 aromatic rings. The molecule has 1 aliphatic rings. The van der Waals surface area contributed by atoms with E-state index in [1.54, 1.807) is 12.1 Å². The lowest BCUT2D eigenvalue weighted by molar-refractivity contribution is 0.205. The highest BCUT2D eigenvalue weighted by Gasteiger charge is 2.22. The molecule has 0 bridgehead atoms. The van der Waals surface area contributed by atoms with Gasteiger partial charge in [-0.2, -0.15) is 0 Å². The lowest BCUT2D eigenvalue weighted by Gasteiger charge is -2.13. The van der Waals surface area contributed by atoms with E-state index in [4.69, 9.17) is 9.84 Å². The molecule has 0 amide bonds. The highest BCUT2D eigenvalue weighted by atomic mass is 16.5. The van der Waals surface area contributed by atoms with Crippen LogP contribution in [0.25, 0.3) is 0 Å². The maximum absolute atomic E-state index is 9.10. The molecule has 1 aromatic carbocycles. The van der Waals surface area contributed by atoms with Crippen molar-refractivity contribution in [1.29, 1.82) is 0 Å². The monoisotopic (exact) mass is 192 g/mol. The van der Waals surface area contributed by atoms with E-state index in [2.05, 4.69) is 6.92 Å². The Morgan fingerprint density at radius 2 is 1.93 bits per heavy atom. The molecule has 1 N–H and O–H groups in total. The van der Waals surface area contributed by atoms with Crippen LogP contribution >= 0.6 is 0 Å². The van der Waals surface area contributed by atoms with Gasteiger partial charge in [0.1, 0.15) is 11.5 Å². The van der Waals surface area contributed by atoms with E-state index in [0.717, 1.165) is 24.5 Å². The van der Waals surface area contributed by atoms with E-state index in [0.29, 0.717) is 6.10 Å². The van der Waals surface area contributed by atoms with Crippen molar-refractivity contribution in [2.45, 2.75) is 32.3 Å². The summed E-state index contributed by atoms with van der Waals surface area (Å²) in [6.07, 6.45) is 3.95. The molecule has 14 heavy (non-hydrogen) atoms. The maximum atomic E-state index is 9.10. The Morgan fingerprint density at radius 1 is 1.21 bits per heavy atom. The number of hydrogen-bond acceptors (Lipinski definition) is 2. The van der Waals surface area contributed by atoms with Gasteiger partial charge in [-0.3, -0.25) is 0 Å². The molecule has 0 radical (unpaired) electrons. The van der Waals surface area contributed by atoms with Gasteiger partial charge < -0.3 is 9.84 Å². The number of phenolic OH excluding ortho intramolecular Hbond substituents is 1. The largest absolute Gasteiger partial charge is 0.508 e. The zero-order chi connectivity index (χ0) is 9.97. The minimum Gasteiger partial charge on any atom is -0.508 e. The van der Waals surface area contributed by atoms with Crippen molar-refractivity contribution in [2.24, 2.45) is 5.92 Å². The van der Waals surface area contributed by atoms with Crippen LogP contribution in [0.3, 0.4) is 0 Å². The molecule has 0 spiro atoms. The van der Waals surface area contributed by atoms with Crippen molar-refractivity contribution in [2.75, 3.05) is 0 Å². The summed E-state index contributed by atoms with van der Waals surface area (Å²) in [6.45, 7) is 2.26. The minimum absolute atomic E-state index is 0.289. The molecule has 0 aromatic heterocycles. The van der Waals surface area contributed by atoms with E-state index >= 15 is 0 Å². The van der Waals surface area contributed by atoms with Crippen LogP contribution in [0.15, 0.2) is 24.3 Å². The van der Waals surface area contributed by atoms with Crippen molar-refractivity contribution in [1.82, 2.24) is 0 Å². The highest BCUT2D eigenvalue weighted by Crippen LogP contribution is 2.29. The molecule has 0 aliphatic heterocycles. The van der Waals surface area contributed by atoms with Gasteiger partial charge in [0.2, 0.25) is 0 Å². The van der Waals surface area contributed by atoms with Crippen molar-refractivity contribution in [3.05, 3.63) is 24.3 Å². The Kier molecular flexibility index (Phi) is 2.62. The third-order valence-electron chi connectivity index (χ3n) is 2.79. The van der Waals surface area contributed by atoms with Crippen LogP contribution in [0.5, 0.6) is 11.5 Å². The van der Waals surface area contributed by atoms with Gasteiger partial charge in [-0.05, 0) is 49.4 Å². The van der Waals surface area contributed by atoms with Crippen LogP contribution in [-0.2, 0) is 0 Å². The molecule has 2 heteroatoms. The van der Waals surface area contributed by atoms with Crippen LogP contribution < -0.4 is 4.74 Å². The molecule has 76 valence electrons. The van der Waals surface area contributed by atoms with Crippen LogP contribution in [0.4, 0.5) is 0 Å². The number of hydrogen-bond donors (Lipinski definition) is 1. The van der Waals surface area contributed by atoms with Gasteiger partial charge in [0.15, 0.2) is 0 Å². The van der Waals surface area contributed by atoms with Crippen molar-refractivity contribution >= 4 is 0 Å². The molecule has 2 nitrogen and oxygen atoms in total. The summed E-state index contributed by atoms with van der Waals surface area (Å²) in [7, 11) is 0. The van der Waals surface area contributed by atoms with Gasteiger partial charge in [0, 0.05) is 0 Å². The van der Waals surface area contributed by atoms with Crippen molar-refractivity contribution < 1.29 is 9.84 Å². The quantitative estimate of drug-likeness (QED) is 0.780. The smallest absolute Gasteiger partial charge is 0.119 e. The number of benzene rings is 1. The van der Waals surface area contributed by atoms with Crippen LogP contribution in [-0.4, -0.2) is 11.2 Å². The second kappa shape index (κ2) is 3.91. The molecule has 2 atom stereocenters. The Bertz CT molecular complexity index is 292. The fourth-order valence-electron chi connectivity index (χ4n) is 1.98. The Morgan fingerprint density at radius 3 is 2.50 bits per heavy atom.